The molecule has 0 aliphatic carbocycles. The second-order valence-electron chi connectivity index (χ2n) is 6.25. The summed E-state index contributed by atoms with van der Waals surface area (Å²) in [5.74, 6) is -0.816. The van der Waals surface area contributed by atoms with Crippen LogP contribution in [-0.4, -0.2) is 26.3 Å². The fourth-order valence-corrected chi connectivity index (χ4v) is 4.43. The number of hydrogen-bond acceptors (Lipinski definition) is 4. The van der Waals surface area contributed by atoms with Crippen LogP contribution in [-0.2, 0) is 14.8 Å². The van der Waals surface area contributed by atoms with Crippen molar-refractivity contribution in [1.29, 1.82) is 0 Å². The third-order valence-corrected chi connectivity index (χ3v) is 5.85. The second-order valence-corrected chi connectivity index (χ2v) is 8.75. The van der Waals surface area contributed by atoms with Crippen LogP contribution in [0.15, 0.2) is 41.3 Å². The lowest BCUT2D eigenvalue weighted by Crippen LogP contribution is -2.30. The van der Waals surface area contributed by atoms with Crippen LogP contribution in [0.4, 0.5) is 11.4 Å². The summed E-state index contributed by atoms with van der Waals surface area (Å²) in [7, 11) is -3.91. The molecule has 2 aromatic carbocycles. The number of hydrogen-bond donors (Lipinski definition) is 3. The average molecular weight is 444 g/mol. The lowest BCUT2D eigenvalue weighted by molar-refractivity contribution is -0.114. The van der Waals surface area contributed by atoms with Crippen LogP contribution in [0.5, 0.6) is 0 Å². The van der Waals surface area contributed by atoms with E-state index in [2.05, 4.69) is 15.4 Å². The topological polar surface area (TPSA) is 104 Å². The smallest absolute Gasteiger partial charge is 0.257 e. The zero-order chi connectivity index (χ0) is 21.1. The van der Waals surface area contributed by atoms with E-state index in [0.29, 0.717) is 11.4 Å². The van der Waals surface area contributed by atoms with Crippen molar-refractivity contribution in [3.05, 3.63) is 52.0 Å². The van der Waals surface area contributed by atoms with Crippen LogP contribution in [0.25, 0.3) is 0 Å². The van der Waals surface area contributed by atoms with Crippen molar-refractivity contribution >= 4 is 56.4 Å². The molecular formula is C18H19Cl2N3O4S. The van der Waals surface area contributed by atoms with Gasteiger partial charge in [0.25, 0.3) is 5.91 Å². The molecule has 0 unspecified atom stereocenters. The number of sulfonamides is 1. The fraction of sp³-hybridized carbons (Fsp3) is 0.222. The summed E-state index contributed by atoms with van der Waals surface area (Å²) >= 11 is 12.1. The molecule has 0 aliphatic heterocycles. The fourth-order valence-electron chi connectivity index (χ4n) is 2.32. The van der Waals surface area contributed by atoms with Gasteiger partial charge in [-0.3, -0.25) is 9.59 Å². The van der Waals surface area contributed by atoms with Crippen molar-refractivity contribution in [1.82, 2.24) is 4.72 Å². The molecule has 28 heavy (non-hydrogen) atoms. The first kappa shape index (κ1) is 22.2. The Morgan fingerprint density at radius 3 is 1.96 bits per heavy atom. The van der Waals surface area contributed by atoms with Crippen molar-refractivity contribution < 1.29 is 18.0 Å². The lowest BCUT2D eigenvalue weighted by atomic mass is 10.2. The first-order valence-electron chi connectivity index (χ1n) is 8.20. The number of halogens is 2. The van der Waals surface area contributed by atoms with E-state index < -0.39 is 15.9 Å². The van der Waals surface area contributed by atoms with Crippen LogP contribution >= 0.6 is 23.2 Å². The molecule has 0 bridgehead atoms. The molecule has 10 heteroatoms. The zero-order valence-corrected chi connectivity index (χ0v) is 17.7. The lowest BCUT2D eigenvalue weighted by Gasteiger charge is -2.14. The molecule has 0 saturated carbocycles. The molecular weight excluding hydrogens is 425 g/mol. The van der Waals surface area contributed by atoms with Gasteiger partial charge in [-0.25, -0.2) is 13.1 Å². The Morgan fingerprint density at radius 1 is 0.929 bits per heavy atom. The highest BCUT2D eigenvalue weighted by Gasteiger charge is 2.23. The number of benzene rings is 2. The Hall–Kier alpha value is -2.13. The van der Waals surface area contributed by atoms with Crippen molar-refractivity contribution in [2.45, 2.75) is 31.7 Å². The van der Waals surface area contributed by atoms with Gasteiger partial charge in [-0.2, -0.15) is 0 Å². The van der Waals surface area contributed by atoms with Crippen LogP contribution < -0.4 is 15.4 Å². The van der Waals surface area contributed by atoms with Crippen molar-refractivity contribution in [2.75, 3.05) is 10.6 Å². The van der Waals surface area contributed by atoms with Crippen LogP contribution in [0, 0.1) is 0 Å². The molecule has 7 nitrogen and oxygen atoms in total. The predicted molar refractivity (Wildman–Crippen MR) is 111 cm³/mol. The SMILES string of the molecule is CC(=O)Nc1ccc(NC(=O)c2cc(S(=O)(=O)NC(C)C)c(Cl)cc2Cl)cc1. The Bertz CT molecular complexity index is 1010. The van der Waals surface area contributed by atoms with E-state index in [-0.39, 0.29) is 32.5 Å². The van der Waals surface area contributed by atoms with Gasteiger partial charge in [0.15, 0.2) is 0 Å². The third-order valence-electron chi connectivity index (χ3n) is 3.41. The Morgan fingerprint density at radius 2 is 1.46 bits per heavy atom. The number of carbonyl (C=O) groups is 2. The van der Waals surface area contributed by atoms with Gasteiger partial charge in [0.1, 0.15) is 4.90 Å². The average Bonchev–Trinajstić information content (AvgIpc) is 2.54. The molecule has 0 radical (unpaired) electrons. The summed E-state index contributed by atoms with van der Waals surface area (Å²) < 4.78 is 27.3. The molecule has 150 valence electrons. The molecule has 0 saturated heterocycles. The molecule has 2 rings (SSSR count). The molecule has 0 aromatic heterocycles. The van der Waals surface area contributed by atoms with E-state index in [1.54, 1.807) is 38.1 Å². The first-order chi connectivity index (χ1) is 13.0. The minimum absolute atomic E-state index is 0.0147. The van der Waals surface area contributed by atoms with Gasteiger partial charge in [0, 0.05) is 24.3 Å². The maximum absolute atomic E-state index is 12.6. The maximum atomic E-state index is 12.6. The molecule has 2 aromatic rings. The van der Waals surface area contributed by atoms with Gasteiger partial charge in [-0.15, -0.1) is 0 Å². The van der Waals surface area contributed by atoms with Crippen LogP contribution in [0.3, 0.4) is 0 Å². The van der Waals surface area contributed by atoms with Gasteiger partial charge in [-0.05, 0) is 50.2 Å². The summed E-state index contributed by atoms with van der Waals surface area (Å²) in [4.78, 5) is 23.4. The number of amides is 2. The zero-order valence-electron chi connectivity index (χ0n) is 15.3. The summed E-state index contributed by atoms with van der Waals surface area (Å²) in [6.45, 7) is 4.72. The quantitative estimate of drug-likeness (QED) is 0.629. The molecule has 0 aliphatic rings. The van der Waals surface area contributed by atoms with Crippen molar-refractivity contribution in [2.24, 2.45) is 0 Å². The summed E-state index contributed by atoms with van der Waals surface area (Å²) in [6.07, 6.45) is 0. The molecule has 0 atom stereocenters. The molecule has 0 spiro atoms. The summed E-state index contributed by atoms with van der Waals surface area (Å²) in [5.41, 5.74) is 0.971. The Labute approximate surface area is 173 Å². The third kappa shape index (κ3) is 5.68. The standard InChI is InChI=1S/C18H19Cl2N3O4S/c1-10(2)23-28(26,27)17-8-14(15(19)9-16(17)20)18(25)22-13-6-4-12(5-7-13)21-11(3)24/h4-10,23H,1-3H3,(H,21,24)(H,22,25). The number of nitrogens with one attached hydrogen (secondary N) is 3. The van der Waals surface area contributed by atoms with Crippen LogP contribution in [0.2, 0.25) is 10.0 Å². The minimum atomic E-state index is -3.91. The van der Waals surface area contributed by atoms with E-state index in [0.717, 1.165) is 6.07 Å². The van der Waals surface area contributed by atoms with Gasteiger partial charge < -0.3 is 10.6 Å². The first-order valence-corrected chi connectivity index (χ1v) is 10.4. The van der Waals surface area contributed by atoms with E-state index in [1.807, 2.05) is 0 Å². The number of carbonyl (C=O) groups excluding carboxylic acids is 2. The monoisotopic (exact) mass is 443 g/mol. The summed E-state index contributed by atoms with van der Waals surface area (Å²) in [6, 6.07) is 8.40. The minimum Gasteiger partial charge on any atom is -0.326 e. The van der Waals surface area contributed by atoms with E-state index in [9.17, 15) is 18.0 Å². The van der Waals surface area contributed by atoms with Gasteiger partial charge in [-0.1, -0.05) is 23.2 Å². The number of rotatable bonds is 6. The maximum Gasteiger partial charge on any atom is 0.257 e. The number of anilines is 2. The highest BCUT2D eigenvalue weighted by atomic mass is 35.5. The Kier molecular flexibility index (Phi) is 7.06. The van der Waals surface area contributed by atoms with E-state index in [4.69, 9.17) is 23.2 Å². The van der Waals surface area contributed by atoms with Gasteiger partial charge in [0.05, 0.1) is 15.6 Å². The highest BCUT2D eigenvalue weighted by Crippen LogP contribution is 2.29. The van der Waals surface area contributed by atoms with E-state index in [1.165, 1.54) is 13.0 Å². The van der Waals surface area contributed by atoms with Gasteiger partial charge in [0.2, 0.25) is 15.9 Å². The second kappa shape index (κ2) is 8.91. The van der Waals surface area contributed by atoms with E-state index >= 15 is 0 Å². The molecule has 2 amide bonds. The molecule has 0 fully saturated rings. The predicted octanol–water partition coefficient (Wildman–Crippen LogP) is 3.89. The highest BCUT2D eigenvalue weighted by molar-refractivity contribution is 7.89. The van der Waals surface area contributed by atoms with Crippen molar-refractivity contribution in [3.8, 4) is 0 Å². The largest absolute Gasteiger partial charge is 0.326 e. The molecule has 3 N–H and O–H groups in total. The van der Waals surface area contributed by atoms with Crippen molar-refractivity contribution in [3.63, 3.8) is 0 Å². The summed E-state index contributed by atoms with van der Waals surface area (Å²) in [5, 5.41) is 5.16. The van der Waals surface area contributed by atoms with Gasteiger partial charge >= 0.3 is 0 Å². The normalized spacial score (nSPS) is 11.4. The molecule has 0 heterocycles. The van der Waals surface area contributed by atoms with Crippen LogP contribution in [0.1, 0.15) is 31.1 Å². The Balaban J connectivity index is 2.30.